The second kappa shape index (κ2) is 6.91. The molecule has 0 amide bonds. The van der Waals surface area contributed by atoms with Gasteiger partial charge in [0.2, 0.25) is 0 Å². The zero-order valence-electron chi connectivity index (χ0n) is 14.0. The summed E-state index contributed by atoms with van der Waals surface area (Å²) in [6, 6.07) is 6.71. The molecule has 1 fully saturated rings. The molecule has 0 bridgehead atoms. The molecule has 2 aliphatic rings. The molecular weight excluding hydrogens is 274 g/mol. The summed E-state index contributed by atoms with van der Waals surface area (Å²) in [5, 5.41) is 3.76. The summed E-state index contributed by atoms with van der Waals surface area (Å²) >= 11 is 0. The molecule has 0 saturated heterocycles. The van der Waals surface area contributed by atoms with Gasteiger partial charge in [0.05, 0.1) is 6.61 Å². The van der Waals surface area contributed by atoms with Crippen LogP contribution >= 0.6 is 0 Å². The van der Waals surface area contributed by atoms with Crippen molar-refractivity contribution < 1.29 is 9.47 Å². The zero-order chi connectivity index (χ0) is 15.4. The molecule has 1 aromatic carbocycles. The molecule has 0 aromatic heterocycles. The van der Waals surface area contributed by atoms with Crippen LogP contribution in [0.3, 0.4) is 0 Å². The third kappa shape index (κ3) is 3.24. The van der Waals surface area contributed by atoms with Crippen LogP contribution in [0.5, 0.6) is 11.5 Å². The summed E-state index contributed by atoms with van der Waals surface area (Å²) in [5.74, 6) is 2.01. The number of rotatable bonds is 6. The molecule has 3 rings (SSSR count). The third-order valence-electron chi connectivity index (χ3n) is 5.01. The quantitative estimate of drug-likeness (QED) is 0.778. The van der Waals surface area contributed by atoms with E-state index in [0.29, 0.717) is 12.6 Å². The van der Waals surface area contributed by atoms with Crippen molar-refractivity contribution in [1.29, 1.82) is 0 Å². The van der Waals surface area contributed by atoms with E-state index in [-0.39, 0.29) is 5.60 Å². The minimum Gasteiger partial charge on any atom is -0.494 e. The number of hydrogen-bond acceptors (Lipinski definition) is 3. The second-order valence-electron chi connectivity index (χ2n) is 6.69. The molecule has 1 N–H and O–H groups in total. The van der Waals surface area contributed by atoms with Crippen molar-refractivity contribution in [2.24, 2.45) is 0 Å². The standard InChI is InChI=1S/C19H29NO2/c1-3-5-12-20-17-14-19(10-6-7-11-19)22-18-9-8-15(21-4-2)13-16(17)18/h8-9,13,17,20H,3-7,10-12,14H2,1-2H3. The van der Waals surface area contributed by atoms with Gasteiger partial charge in [-0.15, -0.1) is 0 Å². The van der Waals surface area contributed by atoms with Crippen molar-refractivity contribution in [3.8, 4) is 11.5 Å². The molecule has 0 radical (unpaired) electrons. The Bertz CT molecular complexity index is 494. The van der Waals surface area contributed by atoms with Crippen LogP contribution in [0.1, 0.15) is 70.4 Å². The lowest BCUT2D eigenvalue weighted by Gasteiger charge is -2.40. The highest BCUT2D eigenvalue weighted by Gasteiger charge is 2.42. The summed E-state index contributed by atoms with van der Waals surface area (Å²) in [5.41, 5.74) is 1.35. The van der Waals surface area contributed by atoms with Crippen molar-refractivity contribution in [2.75, 3.05) is 13.2 Å². The first kappa shape index (κ1) is 15.7. The molecular formula is C19H29NO2. The van der Waals surface area contributed by atoms with Crippen LogP contribution < -0.4 is 14.8 Å². The van der Waals surface area contributed by atoms with Crippen LogP contribution in [-0.2, 0) is 0 Å². The lowest BCUT2D eigenvalue weighted by Crippen LogP contribution is -2.42. The predicted molar refractivity (Wildman–Crippen MR) is 89.7 cm³/mol. The van der Waals surface area contributed by atoms with Gasteiger partial charge in [-0.25, -0.2) is 0 Å². The molecule has 22 heavy (non-hydrogen) atoms. The highest BCUT2D eigenvalue weighted by Crippen LogP contribution is 2.47. The smallest absolute Gasteiger partial charge is 0.125 e. The number of benzene rings is 1. The van der Waals surface area contributed by atoms with E-state index in [0.717, 1.165) is 24.5 Å². The van der Waals surface area contributed by atoms with Crippen molar-refractivity contribution in [3.63, 3.8) is 0 Å². The maximum atomic E-state index is 6.45. The van der Waals surface area contributed by atoms with Crippen LogP contribution in [0.2, 0.25) is 0 Å². The molecule has 3 nitrogen and oxygen atoms in total. The third-order valence-corrected chi connectivity index (χ3v) is 5.01. The topological polar surface area (TPSA) is 30.5 Å². The first-order valence-corrected chi connectivity index (χ1v) is 8.95. The van der Waals surface area contributed by atoms with Gasteiger partial charge in [0.25, 0.3) is 0 Å². The Balaban J connectivity index is 1.84. The average molecular weight is 303 g/mol. The van der Waals surface area contributed by atoms with Gasteiger partial charge in [-0.2, -0.15) is 0 Å². The predicted octanol–water partition coefficient (Wildman–Crippen LogP) is 4.61. The van der Waals surface area contributed by atoms with E-state index in [1.165, 1.54) is 44.1 Å². The van der Waals surface area contributed by atoms with Crippen LogP contribution in [0.15, 0.2) is 18.2 Å². The number of unbranched alkanes of at least 4 members (excludes halogenated alkanes) is 1. The van der Waals surface area contributed by atoms with E-state index >= 15 is 0 Å². The van der Waals surface area contributed by atoms with Crippen molar-refractivity contribution >= 4 is 0 Å². The van der Waals surface area contributed by atoms with Crippen LogP contribution in [0.25, 0.3) is 0 Å². The van der Waals surface area contributed by atoms with Crippen LogP contribution in [-0.4, -0.2) is 18.8 Å². The van der Waals surface area contributed by atoms with Crippen molar-refractivity contribution in [2.45, 2.75) is 70.4 Å². The zero-order valence-corrected chi connectivity index (χ0v) is 14.0. The van der Waals surface area contributed by atoms with E-state index in [9.17, 15) is 0 Å². The summed E-state index contributed by atoms with van der Waals surface area (Å²) < 4.78 is 12.1. The number of nitrogens with one attached hydrogen (secondary N) is 1. The molecule has 1 aromatic rings. The van der Waals surface area contributed by atoms with Gasteiger partial charge in [0, 0.05) is 18.0 Å². The fourth-order valence-corrected chi connectivity index (χ4v) is 3.87. The monoisotopic (exact) mass is 303 g/mol. The molecule has 1 atom stereocenters. The molecule has 1 spiro atoms. The Morgan fingerprint density at radius 1 is 1.27 bits per heavy atom. The molecule has 1 aliphatic heterocycles. The number of fused-ring (bicyclic) bond motifs is 1. The van der Waals surface area contributed by atoms with Crippen LogP contribution in [0.4, 0.5) is 0 Å². The van der Waals surface area contributed by atoms with E-state index < -0.39 is 0 Å². The van der Waals surface area contributed by atoms with Gasteiger partial charge in [0.15, 0.2) is 0 Å². The summed E-state index contributed by atoms with van der Waals surface area (Å²) in [6.07, 6.45) is 8.55. The van der Waals surface area contributed by atoms with Gasteiger partial charge in [-0.3, -0.25) is 0 Å². The Morgan fingerprint density at radius 3 is 2.82 bits per heavy atom. The normalized spacial score (nSPS) is 22.4. The van der Waals surface area contributed by atoms with E-state index in [1.807, 2.05) is 13.0 Å². The Hall–Kier alpha value is -1.22. The lowest BCUT2D eigenvalue weighted by atomic mass is 9.85. The van der Waals surface area contributed by atoms with Crippen LogP contribution in [0, 0.1) is 0 Å². The molecule has 1 heterocycles. The minimum atomic E-state index is 0.0734. The molecule has 122 valence electrons. The maximum absolute atomic E-state index is 6.45. The van der Waals surface area contributed by atoms with Crippen molar-refractivity contribution in [3.05, 3.63) is 23.8 Å². The highest BCUT2D eigenvalue weighted by atomic mass is 16.5. The number of hydrogen-bond donors (Lipinski definition) is 1. The van der Waals surface area contributed by atoms with Gasteiger partial charge >= 0.3 is 0 Å². The SMILES string of the molecule is CCCCNC1CC2(CCCC2)Oc2ccc(OCC)cc21. The fraction of sp³-hybridized carbons (Fsp3) is 0.684. The van der Waals surface area contributed by atoms with Gasteiger partial charge in [-0.05, 0) is 63.8 Å². The summed E-state index contributed by atoms with van der Waals surface area (Å²) in [7, 11) is 0. The summed E-state index contributed by atoms with van der Waals surface area (Å²) in [4.78, 5) is 0. The largest absolute Gasteiger partial charge is 0.494 e. The molecule has 1 unspecified atom stereocenters. The van der Waals surface area contributed by atoms with E-state index in [2.05, 4.69) is 24.4 Å². The van der Waals surface area contributed by atoms with Gasteiger partial charge in [0.1, 0.15) is 17.1 Å². The minimum absolute atomic E-state index is 0.0734. The maximum Gasteiger partial charge on any atom is 0.125 e. The van der Waals surface area contributed by atoms with Gasteiger partial charge < -0.3 is 14.8 Å². The van der Waals surface area contributed by atoms with Crippen molar-refractivity contribution in [1.82, 2.24) is 5.32 Å². The molecule has 3 heteroatoms. The van der Waals surface area contributed by atoms with E-state index in [1.54, 1.807) is 0 Å². The molecule has 1 saturated carbocycles. The lowest BCUT2D eigenvalue weighted by molar-refractivity contribution is 0.0366. The summed E-state index contributed by atoms with van der Waals surface area (Å²) in [6.45, 7) is 6.05. The average Bonchev–Trinajstić information content (AvgIpc) is 2.96. The highest BCUT2D eigenvalue weighted by molar-refractivity contribution is 5.44. The van der Waals surface area contributed by atoms with Gasteiger partial charge in [-0.1, -0.05) is 13.3 Å². The van der Waals surface area contributed by atoms with E-state index in [4.69, 9.17) is 9.47 Å². The Morgan fingerprint density at radius 2 is 2.09 bits per heavy atom. The Labute approximate surface area is 134 Å². The second-order valence-corrected chi connectivity index (χ2v) is 6.69. The first-order valence-electron chi connectivity index (χ1n) is 8.95. The molecule has 1 aliphatic carbocycles. The Kier molecular flexibility index (Phi) is 4.92. The fourth-order valence-electron chi connectivity index (χ4n) is 3.87. The first-order chi connectivity index (χ1) is 10.8. The number of ether oxygens (including phenoxy) is 2.